The summed E-state index contributed by atoms with van der Waals surface area (Å²) >= 11 is 0. The molecule has 1 aromatic heterocycles. The third-order valence-corrected chi connectivity index (χ3v) is 5.04. The van der Waals surface area contributed by atoms with Crippen molar-refractivity contribution < 1.29 is 4.39 Å². The van der Waals surface area contributed by atoms with E-state index < -0.39 is 5.67 Å². The number of nitrogens with zero attached hydrogens (tertiary/aromatic N) is 2. The summed E-state index contributed by atoms with van der Waals surface area (Å²) in [7, 11) is 0. The van der Waals surface area contributed by atoms with Crippen LogP contribution in [0.1, 0.15) is 64.1 Å². The molecule has 0 amide bonds. The van der Waals surface area contributed by atoms with Crippen molar-refractivity contribution in [3.05, 3.63) is 18.0 Å². The Morgan fingerprint density at radius 3 is 2.60 bits per heavy atom. The highest BCUT2D eigenvalue weighted by molar-refractivity contribution is 5.09. The Bertz CT molecular complexity index is 440. The van der Waals surface area contributed by atoms with Gasteiger partial charge in [0.15, 0.2) is 0 Å². The Labute approximate surface area is 120 Å². The number of aromatic nitrogens is 2. The predicted molar refractivity (Wildman–Crippen MR) is 78.6 cm³/mol. The first kappa shape index (κ1) is 14.1. The van der Waals surface area contributed by atoms with E-state index in [1.54, 1.807) is 0 Å². The molecule has 0 saturated carbocycles. The highest BCUT2D eigenvalue weighted by Crippen LogP contribution is 2.38. The van der Waals surface area contributed by atoms with Gasteiger partial charge >= 0.3 is 0 Å². The van der Waals surface area contributed by atoms with Crippen molar-refractivity contribution in [3.8, 4) is 0 Å². The number of alkyl halides is 1. The Kier molecular flexibility index (Phi) is 3.85. The van der Waals surface area contributed by atoms with Gasteiger partial charge in [-0.05, 0) is 44.6 Å². The van der Waals surface area contributed by atoms with E-state index in [0.29, 0.717) is 37.4 Å². The molecule has 1 N–H and O–H groups in total. The lowest BCUT2D eigenvalue weighted by Crippen LogP contribution is -2.47. The number of nitrogens with one attached hydrogen (secondary N) is 1. The van der Waals surface area contributed by atoms with Gasteiger partial charge in [0.05, 0.1) is 11.7 Å². The largest absolute Gasteiger partial charge is 0.311 e. The molecule has 3 nitrogen and oxygen atoms in total. The minimum atomic E-state index is -1.05. The van der Waals surface area contributed by atoms with Gasteiger partial charge in [-0.15, -0.1) is 0 Å². The van der Waals surface area contributed by atoms with E-state index in [4.69, 9.17) is 0 Å². The zero-order chi connectivity index (χ0) is 14.2. The molecule has 2 aliphatic rings. The van der Waals surface area contributed by atoms with Crippen molar-refractivity contribution in [1.29, 1.82) is 0 Å². The zero-order valence-corrected chi connectivity index (χ0v) is 12.6. The molecule has 3 rings (SSSR count). The van der Waals surface area contributed by atoms with Crippen molar-refractivity contribution in [3.63, 3.8) is 0 Å². The van der Waals surface area contributed by atoms with Crippen LogP contribution in [-0.2, 0) is 6.42 Å². The summed E-state index contributed by atoms with van der Waals surface area (Å²) in [6.07, 6.45) is 8.24. The highest BCUT2D eigenvalue weighted by atomic mass is 19.1. The van der Waals surface area contributed by atoms with Crippen molar-refractivity contribution >= 4 is 0 Å². The summed E-state index contributed by atoms with van der Waals surface area (Å²) < 4.78 is 17.1. The topological polar surface area (TPSA) is 29.9 Å². The van der Waals surface area contributed by atoms with E-state index >= 15 is 4.39 Å². The molecule has 2 aliphatic heterocycles. The van der Waals surface area contributed by atoms with Gasteiger partial charge < -0.3 is 5.32 Å². The van der Waals surface area contributed by atoms with E-state index in [2.05, 4.69) is 24.3 Å². The van der Waals surface area contributed by atoms with Gasteiger partial charge in [-0.25, -0.2) is 4.39 Å². The van der Waals surface area contributed by atoms with Crippen LogP contribution in [0, 0.1) is 0 Å². The Morgan fingerprint density at radius 2 is 2.00 bits per heavy atom. The monoisotopic (exact) mass is 279 g/mol. The highest BCUT2D eigenvalue weighted by Gasteiger charge is 2.44. The van der Waals surface area contributed by atoms with Gasteiger partial charge in [0, 0.05) is 24.7 Å². The SMILES string of the molecule is CCC(CC)n1ccc(CC2(F)CC3CCC(C2)N3)n1. The molecule has 3 heterocycles. The van der Waals surface area contributed by atoms with Crippen LogP contribution in [0.3, 0.4) is 0 Å². The maximum absolute atomic E-state index is 15.1. The van der Waals surface area contributed by atoms with Gasteiger partial charge in [-0.1, -0.05) is 13.8 Å². The van der Waals surface area contributed by atoms with E-state index in [0.717, 1.165) is 31.4 Å². The number of fused-ring (bicyclic) bond motifs is 2. The molecule has 1 aromatic rings. The normalized spacial score (nSPS) is 33.0. The van der Waals surface area contributed by atoms with Crippen molar-refractivity contribution in [2.45, 2.75) is 82.6 Å². The second kappa shape index (κ2) is 5.47. The summed E-state index contributed by atoms with van der Waals surface area (Å²) in [5.74, 6) is 0. The third kappa shape index (κ3) is 2.76. The van der Waals surface area contributed by atoms with Crippen LogP contribution in [0.25, 0.3) is 0 Å². The van der Waals surface area contributed by atoms with E-state index in [-0.39, 0.29) is 0 Å². The average Bonchev–Trinajstić information content (AvgIpc) is 2.98. The summed E-state index contributed by atoms with van der Waals surface area (Å²) in [6.45, 7) is 4.35. The molecule has 20 heavy (non-hydrogen) atoms. The van der Waals surface area contributed by atoms with E-state index in [9.17, 15) is 0 Å². The third-order valence-electron chi connectivity index (χ3n) is 5.04. The first-order chi connectivity index (χ1) is 9.62. The fourth-order valence-corrected chi connectivity index (χ4v) is 4.00. The first-order valence-corrected chi connectivity index (χ1v) is 8.11. The lowest BCUT2D eigenvalue weighted by Gasteiger charge is -2.34. The molecule has 2 bridgehead atoms. The van der Waals surface area contributed by atoms with Crippen LogP contribution < -0.4 is 5.32 Å². The Morgan fingerprint density at radius 1 is 1.35 bits per heavy atom. The van der Waals surface area contributed by atoms with Gasteiger partial charge in [0.2, 0.25) is 0 Å². The maximum atomic E-state index is 15.1. The average molecular weight is 279 g/mol. The molecule has 4 heteroatoms. The summed E-state index contributed by atoms with van der Waals surface area (Å²) in [5, 5.41) is 8.13. The Balaban J connectivity index is 1.68. The number of hydrogen-bond acceptors (Lipinski definition) is 2. The van der Waals surface area contributed by atoms with Crippen LogP contribution in [0.5, 0.6) is 0 Å². The van der Waals surface area contributed by atoms with Gasteiger partial charge in [-0.3, -0.25) is 4.68 Å². The molecule has 0 aliphatic carbocycles. The standard InChI is InChI=1S/C16H26FN3/c1-3-15(4-2)20-8-7-14(19-20)11-16(17)9-12-5-6-13(10-16)18-12/h7-8,12-13,15,18H,3-6,9-11H2,1-2H3. The van der Waals surface area contributed by atoms with Gasteiger partial charge in [-0.2, -0.15) is 5.10 Å². The summed E-state index contributed by atoms with van der Waals surface area (Å²) in [5.41, 5.74) is -0.134. The molecule has 2 atom stereocenters. The summed E-state index contributed by atoms with van der Waals surface area (Å²) in [4.78, 5) is 0. The van der Waals surface area contributed by atoms with Crippen LogP contribution in [-0.4, -0.2) is 27.5 Å². The number of hydrogen-bond donors (Lipinski definition) is 1. The minimum absolute atomic E-state index is 0.389. The smallest absolute Gasteiger partial charge is 0.119 e. The quantitative estimate of drug-likeness (QED) is 0.895. The minimum Gasteiger partial charge on any atom is -0.311 e. The second-order valence-corrected chi connectivity index (χ2v) is 6.63. The molecule has 0 radical (unpaired) electrons. The predicted octanol–water partition coefficient (Wildman–Crippen LogP) is 3.41. The summed E-state index contributed by atoms with van der Waals surface area (Å²) in [6, 6.07) is 3.23. The maximum Gasteiger partial charge on any atom is 0.119 e. The number of rotatable bonds is 5. The molecular formula is C16H26FN3. The molecule has 112 valence electrons. The van der Waals surface area contributed by atoms with Crippen molar-refractivity contribution in [2.75, 3.05) is 0 Å². The van der Waals surface area contributed by atoms with Crippen molar-refractivity contribution in [1.82, 2.24) is 15.1 Å². The second-order valence-electron chi connectivity index (χ2n) is 6.63. The van der Waals surface area contributed by atoms with Crippen LogP contribution in [0.15, 0.2) is 12.3 Å². The fraction of sp³-hybridized carbons (Fsp3) is 0.812. The fourth-order valence-electron chi connectivity index (χ4n) is 4.00. The zero-order valence-electron chi connectivity index (χ0n) is 12.6. The number of piperidine rings is 1. The molecule has 2 fully saturated rings. The van der Waals surface area contributed by atoms with E-state index in [1.807, 2.05) is 16.9 Å². The lowest BCUT2D eigenvalue weighted by atomic mass is 9.85. The Hall–Kier alpha value is -0.900. The molecule has 0 aromatic carbocycles. The molecular weight excluding hydrogens is 253 g/mol. The van der Waals surface area contributed by atoms with Crippen LogP contribution in [0.2, 0.25) is 0 Å². The van der Waals surface area contributed by atoms with Crippen LogP contribution >= 0.6 is 0 Å². The first-order valence-electron chi connectivity index (χ1n) is 8.11. The van der Waals surface area contributed by atoms with Crippen molar-refractivity contribution in [2.24, 2.45) is 0 Å². The molecule has 0 spiro atoms. The molecule has 2 unspecified atom stereocenters. The number of halogens is 1. The lowest BCUT2D eigenvalue weighted by molar-refractivity contribution is 0.0880. The van der Waals surface area contributed by atoms with Gasteiger partial charge in [0.25, 0.3) is 0 Å². The van der Waals surface area contributed by atoms with Crippen LogP contribution in [0.4, 0.5) is 4.39 Å². The van der Waals surface area contributed by atoms with Gasteiger partial charge in [0.1, 0.15) is 5.67 Å². The molecule has 2 saturated heterocycles. The van der Waals surface area contributed by atoms with E-state index in [1.165, 1.54) is 0 Å².